The number of benzene rings is 2. The fraction of sp³-hybridized carbons (Fsp3) is 0. The van der Waals surface area contributed by atoms with Crippen LogP contribution in [0, 0.1) is 10.1 Å². The summed E-state index contributed by atoms with van der Waals surface area (Å²) in [7, 11) is 0. The van der Waals surface area contributed by atoms with E-state index in [-0.39, 0.29) is 5.69 Å². The van der Waals surface area contributed by atoms with Gasteiger partial charge in [0.1, 0.15) is 0 Å². The molecule has 0 saturated heterocycles. The molecular formula is C12H5Cl2NO2S2. The summed E-state index contributed by atoms with van der Waals surface area (Å²) in [6, 6.07) is 8.29. The van der Waals surface area contributed by atoms with Crippen LogP contribution in [0.3, 0.4) is 0 Å². The number of nitrogens with zero attached hydrogens (tertiary/aromatic N) is 1. The Labute approximate surface area is 127 Å². The Bertz CT molecular complexity index is 706. The predicted octanol–water partition coefficient (Wildman–Crippen LogP) is 5.52. The lowest BCUT2D eigenvalue weighted by Gasteiger charge is -2.19. The van der Waals surface area contributed by atoms with Gasteiger partial charge in [-0.25, -0.2) is 0 Å². The van der Waals surface area contributed by atoms with E-state index >= 15 is 0 Å². The smallest absolute Gasteiger partial charge is 0.258 e. The Kier molecular flexibility index (Phi) is 3.39. The van der Waals surface area contributed by atoms with Gasteiger partial charge in [0.2, 0.25) is 0 Å². The highest BCUT2D eigenvalue weighted by Gasteiger charge is 2.23. The van der Waals surface area contributed by atoms with Crippen molar-refractivity contribution in [3.05, 3.63) is 50.5 Å². The minimum absolute atomic E-state index is 0.0773. The molecule has 0 fully saturated rings. The average Bonchev–Trinajstić information content (AvgIpc) is 2.41. The van der Waals surface area contributed by atoms with Gasteiger partial charge in [-0.2, -0.15) is 0 Å². The molecule has 1 aliphatic heterocycles. The van der Waals surface area contributed by atoms with Gasteiger partial charge in [-0.3, -0.25) is 10.1 Å². The van der Waals surface area contributed by atoms with Crippen molar-refractivity contribution in [1.29, 1.82) is 0 Å². The predicted molar refractivity (Wildman–Crippen MR) is 77.8 cm³/mol. The Hall–Kier alpha value is -0.880. The molecular weight excluding hydrogens is 325 g/mol. The molecule has 0 aromatic heterocycles. The first-order valence-corrected chi connectivity index (χ1v) is 7.57. The van der Waals surface area contributed by atoms with Crippen LogP contribution in [-0.4, -0.2) is 4.92 Å². The van der Waals surface area contributed by atoms with Gasteiger partial charge in [0.15, 0.2) is 0 Å². The minimum atomic E-state index is -0.402. The van der Waals surface area contributed by atoms with Gasteiger partial charge < -0.3 is 0 Å². The van der Waals surface area contributed by atoms with Crippen LogP contribution in [0.5, 0.6) is 0 Å². The second-order valence-electron chi connectivity index (χ2n) is 3.78. The van der Waals surface area contributed by atoms with Crippen molar-refractivity contribution in [3.8, 4) is 0 Å². The van der Waals surface area contributed by atoms with Gasteiger partial charge in [-0.1, -0.05) is 46.7 Å². The van der Waals surface area contributed by atoms with Gasteiger partial charge in [-0.15, -0.1) is 0 Å². The molecule has 0 saturated carbocycles. The van der Waals surface area contributed by atoms with Crippen LogP contribution >= 0.6 is 46.7 Å². The van der Waals surface area contributed by atoms with E-state index in [1.54, 1.807) is 24.3 Å². The maximum absolute atomic E-state index is 10.8. The van der Waals surface area contributed by atoms with Crippen LogP contribution < -0.4 is 0 Å². The van der Waals surface area contributed by atoms with Crippen LogP contribution in [0.15, 0.2) is 49.9 Å². The van der Waals surface area contributed by atoms with Gasteiger partial charge in [0, 0.05) is 31.7 Å². The summed E-state index contributed by atoms with van der Waals surface area (Å²) in [5.74, 6) is 0. The molecule has 0 N–H and O–H groups in total. The van der Waals surface area contributed by atoms with E-state index in [0.29, 0.717) is 10.0 Å². The summed E-state index contributed by atoms with van der Waals surface area (Å²) in [5.41, 5.74) is 0.0773. The number of nitro benzene ring substituents is 1. The fourth-order valence-electron chi connectivity index (χ4n) is 1.70. The lowest BCUT2D eigenvalue weighted by Crippen LogP contribution is -1.94. The lowest BCUT2D eigenvalue weighted by atomic mass is 10.3. The molecule has 3 nitrogen and oxygen atoms in total. The molecule has 0 radical (unpaired) electrons. The number of halogens is 2. The van der Waals surface area contributed by atoms with E-state index in [9.17, 15) is 10.1 Å². The SMILES string of the molecule is O=[N+]([O-])c1ccc2c(c1)Sc1c(Cl)ccc(Cl)c1S2. The van der Waals surface area contributed by atoms with Crippen molar-refractivity contribution in [2.45, 2.75) is 19.6 Å². The molecule has 1 heterocycles. The van der Waals surface area contributed by atoms with E-state index in [2.05, 4.69) is 0 Å². The van der Waals surface area contributed by atoms with E-state index in [1.165, 1.54) is 29.6 Å². The van der Waals surface area contributed by atoms with E-state index in [0.717, 1.165) is 19.6 Å². The summed E-state index contributed by atoms with van der Waals surface area (Å²) in [5, 5.41) is 12.0. The fourth-order valence-corrected chi connectivity index (χ4v) is 4.68. The number of rotatable bonds is 1. The summed E-state index contributed by atoms with van der Waals surface area (Å²) in [6.45, 7) is 0. The first-order chi connectivity index (χ1) is 9.06. The van der Waals surface area contributed by atoms with Crippen molar-refractivity contribution in [3.63, 3.8) is 0 Å². The summed E-state index contributed by atoms with van der Waals surface area (Å²) >= 11 is 15.2. The van der Waals surface area contributed by atoms with Crippen molar-refractivity contribution in [2.75, 3.05) is 0 Å². The summed E-state index contributed by atoms with van der Waals surface area (Å²) < 4.78 is 0. The molecule has 2 aromatic carbocycles. The van der Waals surface area contributed by atoms with Crippen molar-refractivity contribution < 1.29 is 4.92 Å². The van der Waals surface area contributed by atoms with Crippen LogP contribution in [0.4, 0.5) is 5.69 Å². The zero-order chi connectivity index (χ0) is 13.6. The standard InChI is InChI=1S/C12H5Cl2NO2S2/c13-7-2-3-8(14)12-11(7)18-9-4-1-6(15(16)17)5-10(9)19-12/h1-5H. The molecule has 0 amide bonds. The number of fused-ring (bicyclic) bond motifs is 2. The number of hydrogen-bond donors (Lipinski definition) is 0. The molecule has 0 aliphatic carbocycles. The third-order valence-corrected chi connectivity index (χ3v) is 6.08. The summed E-state index contributed by atoms with van der Waals surface area (Å²) in [6.07, 6.45) is 0. The Morgan fingerprint density at radius 1 is 0.947 bits per heavy atom. The van der Waals surface area contributed by atoms with Gasteiger partial charge >= 0.3 is 0 Å². The molecule has 2 aromatic rings. The molecule has 7 heteroatoms. The van der Waals surface area contributed by atoms with Gasteiger partial charge in [0.05, 0.1) is 15.0 Å². The molecule has 0 bridgehead atoms. The largest absolute Gasteiger partial charge is 0.270 e. The van der Waals surface area contributed by atoms with E-state index < -0.39 is 4.92 Å². The Morgan fingerprint density at radius 3 is 2.11 bits per heavy atom. The molecule has 0 atom stereocenters. The second kappa shape index (κ2) is 4.90. The summed E-state index contributed by atoms with van der Waals surface area (Å²) in [4.78, 5) is 13.9. The van der Waals surface area contributed by atoms with E-state index in [1.807, 2.05) is 0 Å². The molecule has 96 valence electrons. The first-order valence-electron chi connectivity index (χ1n) is 5.18. The van der Waals surface area contributed by atoms with Gasteiger partial charge in [-0.05, 0) is 18.2 Å². The van der Waals surface area contributed by atoms with Crippen LogP contribution in [0.1, 0.15) is 0 Å². The second-order valence-corrected chi connectivity index (χ2v) is 6.70. The first kappa shape index (κ1) is 13.1. The third kappa shape index (κ3) is 2.31. The Morgan fingerprint density at radius 2 is 1.53 bits per heavy atom. The lowest BCUT2D eigenvalue weighted by molar-refractivity contribution is -0.385. The molecule has 3 rings (SSSR count). The third-order valence-electron chi connectivity index (χ3n) is 2.58. The van der Waals surface area contributed by atoms with Crippen molar-refractivity contribution in [1.82, 2.24) is 0 Å². The van der Waals surface area contributed by atoms with Crippen LogP contribution in [0.2, 0.25) is 10.0 Å². The highest BCUT2D eigenvalue weighted by Crippen LogP contribution is 2.53. The molecule has 1 aliphatic rings. The van der Waals surface area contributed by atoms with Crippen molar-refractivity contribution >= 4 is 52.4 Å². The van der Waals surface area contributed by atoms with Crippen LogP contribution in [-0.2, 0) is 0 Å². The number of nitro groups is 1. The zero-order valence-electron chi connectivity index (χ0n) is 9.22. The molecule has 0 unspecified atom stereocenters. The molecule has 0 spiro atoms. The average molecular weight is 330 g/mol. The maximum atomic E-state index is 10.8. The van der Waals surface area contributed by atoms with Gasteiger partial charge in [0.25, 0.3) is 5.69 Å². The van der Waals surface area contributed by atoms with Crippen LogP contribution in [0.25, 0.3) is 0 Å². The Balaban J connectivity index is 2.12. The topological polar surface area (TPSA) is 43.1 Å². The number of non-ortho nitro benzene ring substituents is 1. The normalized spacial score (nSPS) is 12.7. The minimum Gasteiger partial charge on any atom is -0.258 e. The van der Waals surface area contributed by atoms with E-state index in [4.69, 9.17) is 23.2 Å². The molecule has 19 heavy (non-hydrogen) atoms. The maximum Gasteiger partial charge on any atom is 0.270 e. The zero-order valence-corrected chi connectivity index (χ0v) is 12.4. The highest BCUT2D eigenvalue weighted by molar-refractivity contribution is 8.05. The number of hydrogen-bond acceptors (Lipinski definition) is 4. The van der Waals surface area contributed by atoms with Crippen molar-refractivity contribution in [2.24, 2.45) is 0 Å². The quantitative estimate of drug-likeness (QED) is 0.435. The highest BCUT2D eigenvalue weighted by atomic mass is 35.5. The monoisotopic (exact) mass is 329 g/mol.